The third kappa shape index (κ3) is 6.33. The fourth-order valence-electron chi connectivity index (χ4n) is 2.68. The predicted molar refractivity (Wildman–Crippen MR) is 112 cm³/mol. The summed E-state index contributed by atoms with van der Waals surface area (Å²) in [5, 5.41) is 6.09. The summed E-state index contributed by atoms with van der Waals surface area (Å²) in [4.78, 5) is 35.9. The highest BCUT2D eigenvalue weighted by Crippen LogP contribution is 2.20. The minimum Gasteiger partial charge on any atom is -0.423 e. The molecule has 2 aromatic rings. The molecule has 8 nitrogen and oxygen atoms in total. The van der Waals surface area contributed by atoms with Crippen molar-refractivity contribution in [3.63, 3.8) is 0 Å². The summed E-state index contributed by atoms with van der Waals surface area (Å²) in [5.74, 6) is -0.776. The lowest BCUT2D eigenvalue weighted by Gasteiger charge is -2.17. The van der Waals surface area contributed by atoms with Crippen molar-refractivity contribution in [1.82, 2.24) is 5.32 Å². The number of aryl methyl sites for hydroxylation is 1. The standard InChI is InChI=1S/C19H26N4O4.ClH/c1-11-9-17(24)27-16-10-13(6-7-14(11)16)23-18(25)12(2)22-19(26)15(21)5-3-4-8-20;/h6-7,9-10,12,15H,3-5,8,20-21H2,1-2H3,(H,22,26)(H,23,25);1H/t12-,15-;/m0./s1. The Hall–Kier alpha value is -2.42. The first-order chi connectivity index (χ1) is 12.8. The second kappa shape index (κ2) is 10.8. The lowest BCUT2D eigenvalue weighted by atomic mass is 10.1. The van der Waals surface area contributed by atoms with E-state index in [1.165, 1.54) is 6.07 Å². The van der Waals surface area contributed by atoms with Gasteiger partial charge >= 0.3 is 5.63 Å². The molecule has 154 valence electrons. The lowest BCUT2D eigenvalue weighted by Crippen LogP contribution is -2.48. The number of halogens is 1. The number of carbonyl (C=O) groups is 2. The second-order valence-electron chi connectivity index (χ2n) is 6.57. The molecular formula is C19H27ClN4O4. The number of amides is 2. The minimum atomic E-state index is -0.765. The molecule has 0 bridgehead atoms. The maximum Gasteiger partial charge on any atom is 0.336 e. The topological polar surface area (TPSA) is 140 Å². The first-order valence-electron chi connectivity index (χ1n) is 8.93. The van der Waals surface area contributed by atoms with E-state index in [2.05, 4.69) is 10.6 Å². The van der Waals surface area contributed by atoms with Crippen LogP contribution in [0.15, 0.2) is 33.5 Å². The van der Waals surface area contributed by atoms with Crippen LogP contribution in [0.3, 0.4) is 0 Å². The zero-order valence-corrected chi connectivity index (χ0v) is 16.8. The van der Waals surface area contributed by atoms with Crippen LogP contribution in [0.5, 0.6) is 0 Å². The number of nitrogens with one attached hydrogen (secondary N) is 2. The normalized spacial score (nSPS) is 12.7. The summed E-state index contributed by atoms with van der Waals surface area (Å²) in [6.45, 7) is 3.94. The van der Waals surface area contributed by atoms with Crippen LogP contribution in [-0.2, 0) is 9.59 Å². The number of hydrogen-bond acceptors (Lipinski definition) is 6. The van der Waals surface area contributed by atoms with Gasteiger partial charge in [0.25, 0.3) is 0 Å². The average molecular weight is 411 g/mol. The molecular weight excluding hydrogens is 384 g/mol. The molecule has 0 saturated carbocycles. The number of fused-ring (bicyclic) bond motifs is 1. The first kappa shape index (κ1) is 23.6. The van der Waals surface area contributed by atoms with Gasteiger partial charge in [-0.3, -0.25) is 9.59 Å². The van der Waals surface area contributed by atoms with Crippen LogP contribution in [-0.4, -0.2) is 30.4 Å². The molecule has 0 fully saturated rings. The Balaban J connectivity index is 0.00000392. The van der Waals surface area contributed by atoms with Gasteiger partial charge in [0.2, 0.25) is 11.8 Å². The molecule has 2 atom stereocenters. The molecule has 1 aromatic carbocycles. The summed E-state index contributed by atoms with van der Waals surface area (Å²) < 4.78 is 5.17. The Morgan fingerprint density at radius 1 is 1.18 bits per heavy atom. The molecule has 0 saturated heterocycles. The number of carbonyl (C=O) groups excluding carboxylic acids is 2. The van der Waals surface area contributed by atoms with E-state index in [0.717, 1.165) is 23.8 Å². The predicted octanol–water partition coefficient (Wildman–Crippen LogP) is 1.42. The SMILES string of the molecule is Cc1cc(=O)oc2cc(NC(=O)[C@H](C)NC(=O)[C@@H](N)CCCCN)ccc12.Cl. The van der Waals surface area contributed by atoms with Gasteiger partial charge < -0.3 is 26.5 Å². The number of rotatable bonds is 8. The molecule has 28 heavy (non-hydrogen) atoms. The van der Waals surface area contributed by atoms with E-state index in [0.29, 0.717) is 24.2 Å². The Kier molecular flexibility index (Phi) is 9.11. The highest BCUT2D eigenvalue weighted by molar-refractivity contribution is 5.98. The fraction of sp³-hybridized carbons (Fsp3) is 0.421. The van der Waals surface area contributed by atoms with Crippen molar-refractivity contribution in [2.75, 3.05) is 11.9 Å². The second-order valence-corrected chi connectivity index (χ2v) is 6.57. The van der Waals surface area contributed by atoms with Crippen molar-refractivity contribution < 1.29 is 14.0 Å². The molecule has 2 amide bonds. The lowest BCUT2D eigenvalue weighted by molar-refractivity contribution is -0.127. The molecule has 9 heteroatoms. The number of benzene rings is 1. The third-order valence-electron chi connectivity index (χ3n) is 4.28. The quantitative estimate of drug-likeness (QED) is 0.383. The van der Waals surface area contributed by atoms with Crippen LogP contribution in [0.25, 0.3) is 11.0 Å². The summed E-state index contributed by atoms with van der Waals surface area (Å²) in [5.41, 5.74) is 12.4. The molecule has 0 radical (unpaired) electrons. The highest BCUT2D eigenvalue weighted by atomic mass is 35.5. The van der Waals surface area contributed by atoms with Crippen LogP contribution in [0.1, 0.15) is 31.7 Å². The Morgan fingerprint density at radius 2 is 1.89 bits per heavy atom. The highest BCUT2D eigenvalue weighted by Gasteiger charge is 2.20. The Labute approximate surface area is 169 Å². The molecule has 0 aliphatic carbocycles. The Bertz CT molecular complexity index is 884. The van der Waals surface area contributed by atoms with Crippen molar-refractivity contribution >= 4 is 40.9 Å². The molecule has 2 rings (SSSR count). The van der Waals surface area contributed by atoms with Gasteiger partial charge in [-0.15, -0.1) is 12.4 Å². The van der Waals surface area contributed by atoms with Gasteiger partial charge in [0.15, 0.2) is 0 Å². The van der Waals surface area contributed by atoms with Crippen molar-refractivity contribution in [2.45, 2.75) is 45.2 Å². The first-order valence-corrected chi connectivity index (χ1v) is 8.93. The van der Waals surface area contributed by atoms with Crippen LogP contribution in [0, 0.1) is 6.92 Å². The van der Waals surface area contributed by atoms with E-state index in [1.54, 1.807) is 25.1 Å². The third-order valence-corrected chi connectivity index (χ3v) is 4.28. The van der Waals surface area contributed by atoms with Crippen molar-refractivity contribution in [3.05, 3.63) is 40.2 Å². The van der Waals surface area contributed by atoms with Crippen molar-refractivity contribution in [3.8, 4) is 0 Å². The van der Waals surface area contributed by atoms with E-state index in [1.807, 2.05) is 6.92 Å². The summed E-state index contributed by atoms with van der Waals surface area (Å²) >= 11 is 0. The van der Waals surface area contributed by atoms with Gasteiger partial charge in [0.05, 0.1) is 6.04 Å². The number of unbranched alkanes of at least 4 members (excludes halogenated alkanes) is 1. The number of nitrogens with two attached hydrogens (primary N) is 2. The molecule has 6 N–H and O–H groups in total. The summed E-state index contributed by atoms with van der Waals surface area (Å²) in [7, 11) is 0. The Morgan fingerprint density at radius 3 is 2.57 bits per heavy atom. The average Bonchev–Trinajstić information content (AvgIpc) is 2.61. The van der Waals surface area contributed by atoms with Gasteiger partial charge in [0, 0.05) is 23.2 Å². The van der Waals surface area contributed by atoms with E-state index in [-0.39, 0.29) is 18.3 Å². The van der Waals surface area contributed by atoms with Crippen LogP contribution < -0.4 is 27.7 Å². The molecule has 0 aliphatic heterocycles. The summed E-state index contributed by atoms with van der Waals surface area (Å²) in [6.07, 6.45) is 2.07. The largest absolute Gasteiger partial charge is 0.423 e. The molecule has 0 aliphatic rings. The van der Waals surface area contributed by atoms with Gasteiger partial charge in [-0.25, -0.2) is 4.79 Å². The monoisotopic (exact) mass is 410 g/mol. The van der Waals surface area contributed by atoms with Crippen molar-refractivity contribution in [2.24, 2.45) is 11.5 Å². The van der Waals surface area contributed by atoms with Gasteiger partial charge in [0.1, 0.15) is 11.6 Å². The van der Waals surface area contributed by atoms with Gasteiger partial charge in [-0.05, 0) is 50.9 Å². The summed E-state index contributed by atoms with van der Waals surface area (Å²) in [6, 6.07) is 5.02. The van der Waals surface area contributed by atoms with Gasteiger partial charge in [-0.1, -0.05) is 6.42 Å². The fourth-order valence-corrected chi connectivity index (χ4v) is 2.68. The maximum absolute atomic E-state index is 12.3. The van der Waals surface area contributed by atoms with Gasteiger partial charge in [-0.2, -0.15) is 0 Å². The molecule has 0 spiro atoms. The zero-order valence-electron chi connectivity index (χ0n) is 16.0. The molecule has 0 unspecified atom stereocenters. The number of hydrogen-bond donors (Lipinski definition) is 4. The smallest absolute Gasteiger partial charge is 0.336 e. The minimum absolute atomic E-state index is 0. The van der Waals surface area contributed by atoms with Crippen molar-refractivity contribution in [1.29, 1.82) is 0 Å². The van der Waals surface area contributed by atoms with Crippen LogP contribution in [0.4, 0.5) is 5.69 Å². The molecule has 1 heterocycles. The number of anilines is 1. The maximum atomic E-state index is 12.3. The zero-order chi connectivity index (χ0) is 20.0. The van der Waals surface area contributed by atoms with E-state index < -0.39 is 23.6 Å². The van der Waals surface area contributed by atoms with E-state index in [4.69, 9.17) is 15.9 Å². The van der Waals surface area contributed by atoms with E-state index >= 15 is 0 Å². The van der Waals surface area contributed by atoms with Crippen LogP contribution in [0.2, 0.25) is 0 Å². The molecule has 1 aromatic heterocycles. The van der Waals surface area contributed by atoms with Crippen LogP contribution >= 0.6 is 12.4 Å². The van der Waals surface area contributed by atoms with E-state index in [9.17, 15) is 14.4 Å².